The fourth-order valence-electron chi connectivity index (χ4n) is 1.61. The van der Waals surface area contributed by atoms with Crippen LogP contribution in [0.15, 0.2) is 12.1 Å². The number of rotatable bonds is 6. The lowest BCUT2D eigenvalue weighted by atomic mass is 10.2. The van der Waals surface area contributed by atoms with Gasteiger partial charge in [0, 0.05) is 11.1 Å². The van der Waals surface area contributed by atoms with Crippen molar-refractivity contribution in [2.24, 2.45) is 0 Å². The molecule has 0 fully saturated rings. The number of aromatic nitrogens is 4. The van der Waals surface area contributed by atoms with Gasteiger partial charge in [-0.2, -0.15) is 0 Å². The van der Waals surface area contributed by atoms with E-state index < -0.39 is 0 Å². The normalized spacial score (nSPS) is 10.3. The first-order valence-corrected chi connectivity index (χ1v) is 6.30. The minimum atomic E-state index is 0.166. The Kier molecular flexibility index (Phi) is 4.46. The number of benzene rings is 1. The molecule has 1 aromatic carbocycles. The second kappa shape index (κ2) is 6.29. The van der Waals surface area contributed by atoms with Gasteiger partial charge in [-0.3, -0.25) is 0 Å². The Hall–Kier alpha value is -2.22. The topological polar surface area (TPSA) is 100 Å². The molecule has 20 heavy (non-hydrogen) atoms. The Balaban J connectivity index is 2.18. The number of halogens is 1. The maximum atomic E-state index is 6.19. The Morgan fingerprint density at radius 1 is 1.40 bits per heavy atom. The van der Waals surface area contributed by atoms with E-state index in [0.717, 1.165) is 5.56 Å². The monoisotopic (exact) mass is 298 g/mol. The van der Waals surface area contributed by atoms with Gasteiger partial charge in [0.05, 0.1) is 20.3 Å². The second-order valence-corrected chi connectivity index (χ2v) is 4.22. The van der Waals surface area contributed by atoms with E-state index in [9.17, 15) is 0 Å². The minimum Gasteiger partial charge on any atom is -0.493 e. The first kappa shape index (κ1) is 14.2. The number of methoxy groups -OCH3 is 1. The number of ether oxygens (including phenoxy) is 2. The number of nitrogens with zero attached hydrogens (tertiary/aromatic N) is 4. The molecule has 9 heteroatoms. The van der Waals surface area contributed by atoms with E-state index in [1.54, 1.807) is 19.2 Å². The van der Waals surface area contributed by atoms with Gasteiger partial charge in [0.2, 0.25) is 0 Å². The molecule has 0 radical (unpaired) electrons. The zero-order valence-electron chi connectivity index (χ0n) is 11.1. The van der Waals surface area contributed by atoms with Crippen molar-refractivity contribution in [3.8, 4) is 11.5 Å². The van der Waals surface area contributed by atoms with E-state index in [2.05, 4.69) is 21.0 Å². The first-order chi connectivity index (χ1) is 9.65. The number of nitrogens with two attached hydrogens (primary N) is 1. The number of tetrazole rings is 1. The summed E-state index contributed by atoms with van der Waals surface area (Å²) in [6, 6.07) is 3.50. The lowest BCUT2D eigenvalue weighted by Gasteiger charge is -2.13. The summed E-state index contributed by atoms with van der Waals surface area (Å²) in [5.74, 6) is 1.38. The first-order valence-electron chi connectivity index (χ1n) is 5.92. The van der Waals surface area contributed by atoms with Gasteiger partial charge in [0.25, 0.3) is 5.95 Å². The third kappa shape index (κ3) is 3.02. The molecule has 8 nitrogen and oxygen atoms in total. The van der Waals surface area contributed by atoms with Crippen LogP contribution < -0.4 is 20.6 Å². The summed E-state index contributed by atoms with van der Waals surface area (Å²) in [6.45, 7) is 2.82. The van der Waals surface area contributed by atoms with Crippen LogP contribution in [0.3, 0.4) is 0 Å². The Labute approximate surface area is 120 Å². The maximum absolute atomic E-state index is 6.19. The molecule has 0 unspecified atom stereocenters. The van der Waals surface area contributed by atoms with Crippen LogP contribution in [-0.2, 0) is 6.54 Å². The predicted octanol–water partition coefficient (Wildman–Crippen LogP) is 1.06. The van der Waals surface area contributed by atoms with E-state index in [4.69, 9.17) is 26.8 Å². The van der Waals surface area contributed by atoms with Gasteiger partial charge < -0.3 is 20.6 Å². The molecule has 1 heterocycles. The molecule has 108 valence electrons. The van der Waals surface area contributed by atoms with Crippen molar-refractivity contribution in [1.29, 1.82) is 0 Å². The fraction of sp³-hybridized carbons (Fsp3) is 0.364. The summed E-state index contributed by atoms with van der Waals surface area (Å²) in [6.07, 6.45) is 0. The third-order valence-corrected chi connectivity index (χ3v) is 2.90. The lowest BCUT2D eigenvalue weighted by molar-refractivity contribution is 0.310. The molecule has 0 saturated heterocycles. The van der Waals surface area contributed by atoms with E-state index in [0.29, 0.717) is 29.7 Å². The van der Waals surface area contributed by atoms with Crippen molar-refractivity contribution in [2.45, 2.75) is 13.5 Å². The number of nitrogen functional groups attached to an aromatic ring is 1. The van der Waals surface area contributed by atoms with E-state index >= 15 is 0 Å². The molecule has 0 aliphatic carbocycles. The van der Waals surface area contributed by atoms with Crippen molar-refractivity contribution in [3.05, 3.63) is 22.7 Å². The molecule has 2 aromatic rings. The van der Waals surface area contributed by atoms with Gasteiger partial charge in [-0.15, -0.1) is 4.79 Å². The molecule has 0 aliphatic heterocycles. The summed E-state index contributed by atoms with van der Waals surface area (Å²) >= 11 is 6.19. The average Bonchev–Trinajstić information content (AvgIpc) is 2.84. The van der Waals surface area contributed by atoms with Gasteiger partial charge in [-0.05, 0) is 29.0 Å². The van der Waals surface area contributed by atoms with Crippen molar-refractivity contribution in [1.82, 2.24) is 20.3 Å². The highest BCUT2D eigenvalue weighted by atomic mass is 35.5. The quantitative estimate of drug-likeness (QED) is 0.822. The maximum Gasteiger partial charge on any atom is 0.260 e. The largest absolute Gasteiger partial charge is 0.493 e. The molecule has 0 amide bonds. The number of hydrogen-bond acceptors (Lipinski definition) is 7. The fourth-order valence-corrected chi connectivity index (χ4v) is 1.83. The Morgan fingerprint density at radius 2 is 2.20 bits per heavy atom. The van der Waals surface area contributed by atoms with E-state index in [1.165, 1.54) is 4.79 Å². The smallest absolute Gasteiger partial charge is 0.260 e. The highest BCUT2D eigenvalue weighted by Gasteiger charge is 2.11. The summed E-state index contributed by atoms with van der Waals surface area (Å²) < 4.78 is 10.7. The van der Waals surface area contributed by atoms with Gasteiger partial charge in [-0.1, -0.05) is 16.7 Å². The highest BCUT2D eigenvalue weighted by Crippen LogP contribution is 2.33. The van der Waals surface area contributed by atoms with Crippen LogP contribution in [0.4, 0.5) is 5.95 Å². The van der Waals surface area contributed by atoms with Gasteiger partial charge in [-0.25, -0.2) is 0 Å². The lowest BCUT2D eigenvalue weighted by Crippen LogP contribution is -2.18. The summed E-state index contributed by atoms with van der Waals surface area (Å²) in [4.78, 5) is 1.26. The number of anilines is 1. The predicted molar refractivity (Wildman–Crippen MR) is 74.5 cm³/mol. The molecule has 0 saturated carbocycles. The molecule has 0 aliphatic rings. The van der Waals surface area contributed by atoms with Crippen LogP contribution in [0.1, 0.15) is 12.5 Å². The summed E-state index contributed by atoms with van der Waals surface area (Å²) in [5, 5.41) is 11.2. The van der Waals surface area contributed by atoms with Crippen molar-refractivity contribution in [3.63, 3.8) is 0 Å². The summed E-state index contributed by atoms with van der Waals surface area (Å²) in [7, 11) is 1.56. The van der Waals surface area contributed by atoms with Gasteiger partial charge >= 0.3 is 0 Å². The zero-order valence-corrected chi connectivity index (χ0v) is 11.9. The average molecular weight is 299 g/mol. The Bertz CT molecular complexity index is 588. The Morgan fingerprint density at radius 3 is 2.80 bits per heavy atom. The van der Waals surface area contributed by atoms with Crippen LogP contribution in [0.2, 0.25) is 5.02 Å². The van der Waals surface area contributed by atoms with Crippen LogP contribution in [0.5, 0.6) is 11.5 Å². The van der Waals surface area contributed by atoms with Crippen LogP contribution in [-0.4, -0.2) is 34.0 Å². The standard InChI is InChI=1S/C11H15ClN6O2/c1-3-20-10-4-7(8(12)5-9(10)19-2)6-14-18-11(13)15-16-17-18/h4-5,14H,3,6H2,1-2H3,(H2,13,15,17). The summed E-state index contributed by atoms with van der Waals surface area (Å²) in [5.41, 5.74) is 9.30. The minimum absolute atomic E-state index is 0.166. The van der Waals surface area contributed by atoms with E-state index in [1.807, 2.05) is 6.92 Å². The van der Waals surface area contributed by atoms with Crippen molar-refractivity contribution in [2.75, 3.05) is 24.9 Å². The third-order valence-electron chi connectivity index (χ3n) is 2.55. The SMILES string of the molecule is CCOc1cc(CNn2nnnc2N)c(Cl)cc1OC. The number of nitrogens with one attached hydrogen (secondary N) is 1. The zero-order chi connectivity index (χ0) is 14.5. The molecule has 0 atom stereocenters. The van der Waals surface area contributed by atoms with Gasteiger partial charge in [0.15, 0.2) is 11.5 Å². The molecule has 0 spiro atoms. The second-order valence-electron chi connectivity index (χ2n) is 3.81. The molecular formula is C11H15ClN6O2. The number of hydrogen-bond donors (Lipinski definition) is 2. The highest BCUT2D eigenvalue weighted by molar-refractivity contribution is 6.31. The molecule has 3 N–H and O–H groups in total. The molecule has 0 bridgehead atoms. The molecule has 1 aromatic heterocycles. The molecule has 2 rings (SSSR count). The van der Waals surface area contributed by atoms with Crippen LogP contribution >= 0.6 is 11.6 Å². The van der Waals surface area contributed by atoms with Crippen molar-refractivity contribution < 1.29 is 9.47 Å². The van der Waals surface area contributed by atoms with E-state index in [-0.39, 0.29) is 5.95 Å². The van der Waals surface area contributed by atoms with Crippen molar-refractivity contribution >= 4 is 17.5 Å². The van der Waals surface area contributed by atoms with Crippen LogP contribution in [0.25, 0.3) is 0 Å². The van der Waals surface area contributed by atoms with Gasteiger partial charge in [0.1, 0.15) is 0 Å². The van der Waals surface area contributed by atoms with Crippen LogP contribution in [0, 0.1) is 0 Å². The molecular weight excluding hydrogens is 284 g/mol.